The Labute approximate surface area is 233 Å². The zero-order valence-corrected chi connectivity index (χ0v) is 22.7. The van der Waals surface area contributed by atoms with Crippen LogP contribution in [0.25, 0.3) is 10.9 Å². The second-order valence-corrected chi connectivity index (χ2v) is 10.8. The van der Waals surface area contributed by atoms with Gasteiger partial charge in [0.15, 0.2) is 0 Å². The van der Waals surface area contributed by atoms with Crippen molar-refractivity contribution in [3.05, 3.63) is 94.6 Å². The molecular formula is C27H22ClF3N4O4S. The number of fused-ring (bicyclic) bond motifs is 1. The highest BCUT2D eigenvalue weighted by Crippen LogP contribution is 2.33. The summed E-state index contributed by atoms with van der Waals surface area (Å²) in [5.41, 5.74) is 2.50. The number of benzene rings is 3. The zero-order chi connectivity index (χ0) is 29.1. The molecule has 4 rings (SSSR count). The number of hydrogen-bond acceptors (Lipinski definition) is 6. The molecule has 0 saturated heterocycles. The number of halogens is 4. The summed E-state index contributed by atoms with van der Waals surface area (Å²) in [6, 6.07) is 16.3. The van der Waals surface area contributed by atoms with E-state index in [0.717, 1.165) is 23.1 Å². The van der Waals surface area contributed by atoms with Crippen molar-refractivity contribution in [2.45, 2.75) is 18.0 Å². The van der Waals surface area contributed by atoms with Crippen molar-refractivity contribution >= 4 is 50.3 Å². The number of anilines is 1. The summed E-state index contributed by atoms with van der Waals surface area (Å²) < 4.78 is 72.7. The number of nitrogens with zero attached hydrogens (tertiary/aromatic N) is 3. The van der Waals surface area contributed by atoms with Crippen LogP contribution in [0.4, 0.5) is 18.9 Å². The maximum atomic E-state index is 13.4. The van der Waals surface area contributed by atoms with Gasteiger partial charge in [-0.25, -0.2) is 18.8 Å². The quantitative estimate of drug-likeness (QED) is 0.164. The average molecular weight is 591 g/mol. The first-order chi connectivity index (χ1) is 18.9. The third-order valence-corrected chi connectivity index (χ3v) is 7.85. The number of carbonyl (C=O) groups excluding carboxylic acids is 1. The van der Waals surface area contributed by atoms with Crippen molar-refractivity contribution < 1.29 is 31.1 Å². The third kappa shape index (κ3) is 6.52. The minimum Gasteiger partial charge on any atom is -0.497 e. The highest BCUT2D eigenvalue weighted by atomic mass is 35.5. The normalized spacial score (nSPS) is 12.1. The number of amides is 1. The largest absolute Gasteiger partial charge is 0.497 e. The molecule has 0 aliphatic carbocycles. The van der Waals surface area contributed by atoms with Gasteiger partial charge < -0.3 is 4.74 Å². The molecule has 4 aromatic rings. The number of sulfonamides is 1. The van der Waals surface area contributed by atoms with Crippen molar-refractivity contribution in [3.63, 3.8) is 0 Å². The number of alkyl halides is 3. The van der Waals surface area contributed by atoms with E-state index in [1.807, 2.05) is 0 Å². The molecule has 0 aliphatic rings. The number of aromatic nitrogens is 1. The molecule has 208 valence electrons. The SMILES string of the molecule is COc1ccc2cc(/C=N\NC(=O)CN(c3cccc(C(F)(F)F)c3)S(=O)(=O)c3ccc(C)cc3)c(Cl)nc2c1. The van der Waals surface area contributed by atoms with Crippen LogP contribution < -0.4 is 14.5 Å². The fourth-order valence-corrected chi connectivity index (χ4v) is 5.29. The van der Waals surface area contributed by atoms with Crippen LogP contribution in [0.15, 0.2) is 82.8 Å². The van der Waals surface area contributed by atoms with Gasteiger partial charge in [-0.1, -0.05) is 35.4 Å². The topological polar surface area (TPSA) is 101 Å². The van der Waals surface area contributed by atoms with Crippen molar-refractivity contribution in [1.82, 2.24) is 10.4 Å². The molecule has 3 aromatic carbocycles. The number of methoxy groups -OCH3 is 1. The zero-order valence-electron chi connectivity index (χ0n) is 21.1. The lowest BCUT2D eigenvalue weighted by molar-refractivity contribution is -0.137. The maximum Gasteiger partial charge on any atom is 0.416 e. The van der Waals surface area contributed by atoms with E-state index in [2.05, 4.69) is 15.5 Å². The second-order valence-electron chi connectivity index (χ2n) is 8.59. The first-order valence-electron chi connectivity index (χ1n) is 11.6. The van der Waals surface area contributed by atoms with Crippen molar-refractivity contribution in [2.75, 3.05) is 18.0 Å². The van der Waals surface area contributed by atoms with Crippen molar-refractivity contribution in [3.8, 4) is 5.75 Å². The molecule has 0 spiro atoms. The van der Waals surface area contributed by atoms with Gasteiger partial charge in [-0.15, -0.1) is 0 Å². The number of hydrogen-bond donors (Lipinski definition) is 1. The molecule has 0 atom stereocenters. The molecule has 0 radical (unpaired) electrons. The Hall–Kier alpha value is -4.16. The Balaban J connectivity index is 1.60. The summed E-state index contributed by atoms with van der Waals surface area (Å²) in [5, 5.41) is 4.65. The number of nitrogens with one attached hydrogen (secondary N) is 1. The molecule has 40 heavy (non-hydrogen) atoms. The Morgan fingerprint density at radius 2 is 1.82 bits per heavy atom. The minimum atomic E-state index is -4.72. The molecule has 0 saturated carbocycles. The standard InChI is InChI=1S/C27H22ClF3N4O4S/c1-17-6-10-23(11-7-17)40(37,38)35(21-5-3-4-20(13-21)27(29,30)31)16-25(36)34-32-15-19-12-18-8-9-22(39-2)14-24(18)33-26(19)28/h3-15H,16H2,1-2H3,(H,34,36)/b32-15-. The van der Waals surface area contributed by atoms with E-state index in [4.69, 9.17) is 16.3 Å². The summed E-state index contributed by atoms with van der Waals surface area (Å²) in [7, 11) is -2.91. The summed E-state index contributed by atoms with van der Waals surface area (Å²) in [4.78, 5) is 16.9. The molecule has 0 aliphatic heterocycles. The Bertz CT molecular complexity index is 1690. The Morgan fingerprint density at radius 3 is 2.50 bits per heavy atom. The molecule has 0 bridgehead atoms. The van der Waals surface area contributed by atoms with E-state index in [-0.39, 0.29) is 15.7 Å². The maximum absolute atomic E-state index is 13.4. The summed E-state index contributed by atoms with van der Waals surface area (Å²) >= 11 is 6.23. The summed E-state index contributed by atoms with van der Waals surface area (Å²) in [5.74, 6) is -0.311. The van der Waals surface area contributed by atoms with E-state index in [1.54, 1.807) is 43.3 Å². The molecule has 0 fully saturated rings. The van der Waals surface area contributed by atoms with Gasteiger partial charge in [0.2, 0.25) is 0 Å². The monoisotopic (exact) mass is 590 g/mol. The van der Waals surface area contributed by atoms with Gasteiger partial charge in [0.25, 0.3) is 15.9 Å². The van der Waals surface area contributed by atoms with Crippen LogP contribution in [0.2, 0.25) is 5.15 Å². The number of rotatable bonds is 8. The van der Waals surface area contributed by atoms with E-state index >= 15 is 0 Å². The molecule has 13 heteroatoms. The summed E-state index contributed by atoms with van der Waals surface area (Å²) in [6.45, 7) is 0.902. The van der Waals surface area contributed by atoms with Gasteiger partial charge in [0.05, 0.1) is 35.0 Å². The molecular weight excluding hydrogens is 569 g/mol. The van der Waals surface area contributed by atoms with Gasteiger partial charge in [-0.05, 0) is 55.5 Å². The fraction of sp³-hybridized carbons (Fsp3) is 0.148. The number of carbonyl (C=O) groups is 1. The molecule has 1 heterocycles. The van der Waals surface area contributed by atoms with Crippen LogP contribution in [-0.2, 0) is 21.0 Å². The van der Waals surface area contributed by atoms with E-state index in [9.17, 15) is 26.4 Å². The molecule has 1 N–H and O–H groups in total. The molecule has 8 nitrogen and oxygen atoms in total. The number of ether oxygens (including phenoxy) is 1. The second kappa shape index (κ2) is 11.5. The van der Waals surface area contributed by atoms with Crippen molar-refractivity contribution in [1.29, 1.82) is 0 Å². The summed E-state index contributed by atoms with van der Waals surface area (Å²) in [6.07, 6.45) is -3.50. The first-order valence-corrected chi connectivity index (χ1v) is 13.4. The van der Waals surface area contributed by atoms with Crippen LogP contribution in [-0.4, -0.2) is 39.2 Å². The predicted octanol–water partition coefficient (Wildman–Crippen LogP) is 5.57. The van der Waals surface area contributed by atoms with E-state index in [1.165, 1.54) is 31.5 Å². The van der Waals surface area contributed by atoms with Crippen LogP contribution in [0.5, 0.6) is 5.75 Å². The van der Waals surface area contributed by atoms with Crippen LogP contribution in [0.3, 0.4) is 0 Å². The predicted molar refractivity (Wildman–Crippen MR) is 146 cm³/mol. The highest BCUT2D eigenvalue weighted by Gasteiger charge is 2.33. The molecule has 1 amide bonds. The van der Waals surface area contributed by atoms with Crippen LogP contribution in [0.1, 0.15) is 16.7 Å². The first kappa shape index (κ1) is 28.8. The fourth-order valence-electron chi connectivity index (χ4n) is 3.69. The van der Waals surface area contributed by atoms with Gasteiger partial charge in [0, 0.05) is 17.0 Å². The molecule has 0 unspecified atom stereocenters. The van der Waals surface area contributed by atoms with Gasteiger partial charge in [0.1, 0.15) is 17.4 Å². The smallest absolute Gasteiger partial charge is 0.416 e. The minimum absolute atomic E-state index is 0.0892. The number of hydrazone groups is 1. The Kier molecular flexibility index (Phi) is 8.31. The number of pyridine rings is 1. The average Bonchev–Trinajstić information content (AvgIpc) is 2.91. The lowest BCUT2D eigenvalue weighted by Gasteiger charge is -2.24. The molecule has 1 aromatic heterocycles. The Morgan fingerprint density at radius 1 is 1.10 bits per heavy atom. The highest BCUT2D eigenvalue weighted by molar-refractivity contribution is 7.92. The van der Waals surface area contributed by atoms with E-state index < -0.39 is 34.2 Å². The lowest BCUT2D eigenvalue weighted by Crippen LogP contribution is -2.39. The van der Waals surface area contributed by atoms with Crippen molar-refractivity contribution in [2.24, 2.45) is 5.10 Å². The van der Waals surface area contributed by atoms with Gasteiger partial charge >= 0.3 is 6.18 Å². The van der Waals surface area contributed by atoms with Crippen LogP contribution in [0, 0.1) is 6.92 Å². The van der Waals surface area contributed by atoms with Crippen LogP contribution >= 0.6 is 11.6 Å². The van der Waals surface area contributed by atoms with Gasteiger partial charge in [-0.3, -0.25) is 9.10 Å². The van der Waals surface area contributed by atoms with Gasteiger partial charge in [-0.2, -0.15) is 18.3 Å². The number of aryl methyl sites for hydroxylation is 1. The lowest BCUT2D eigenvalue weighted by atomic mass is 10.1. The third-order valence-electron chi connectivity index (χ3n) is 5.76. The van der Waals surface area contributed by atoms with E-state index in [0.29, 0.717) is 27.2 Å².